The van der Waals surface area contributed by atoms with E-state index in [0.29, 0.717) is 30.6 Å². The number of piperidine rings is 1. The van der Waals surface area contributed by atoms with Crippen molar-refractivity contribution in [1.82, 2.24) is 14.9 Å². The Morgan fingerprint density at radius 2 is 2.19 bits per heavy atom. The number of esters is 1. The fourth-order valence-electron chi connectivity index (χ4n) is 2.23. The van der Waals surface area contributed by atoms with Gasteiger partial charge in [-0.15, -0.1) is 0 Å². The molecule has 7 heteroatoms. The van der Waals surface area contributed by atoms with Gasteiger partial charge in [0.15, 0.2) is 5.16 Å². The first-order valence-electron chi connectivity index (χ1n) is 7.05. The zero-order valence-electron chi connectivity index (χ0n) is 12.0. The molecule has 1 fully saturated rings. The monoisotopic (exact) mass is 309 g/mol. The van der Waals surface area contributed by atoms with Gasteiger partial charge in [-0.3, -0.25) is 9.59 Å². The number of nitrogens with zero attached hydrogens (tertiary/aromatic N) is 3. The lowest BCUT2D eigenvalue weighted by atomic mass is 9.98. The predicted octanol–water partition coefficient (Wildman–Crippen LogP) is 1.37. The Morgan fingerprint density at radius 1 is 1.43 bits per heavy atom. The van der Waals surface area contributed by atoms with E-state index in [1.165, 1.54) is 11.8 Å². The van der Waals surface area contributed by atoms with Gasteiger partial charge in [-0.2, -0.15) is 0 Å². The van der Waals surface area contributed by atoms with Crippen LogP contribution in [0.5, 0.6) is 0 Å². The Kier molecular flexibility index (Phi) is 5.98. The Hall–Kier alpha value is -1.63. The van der Waals surface area contributed by atoms with Gasteiger partial charge in [-0.1, -0.05) is 11.8 Å². The highest BCUT2D eigenvalue weighted by atomic mass is 32.2. The fraction of sp³-hybridized carbons (Fsp3) is 0.571. The summed E-state index contributed by atoms with van der Waals surface area (Å²) >= 11 is 1.31. The number of amides is 1. The van der Waals surface area contributed by atoms with Gasteiger partial charge in [0.2, 0.25) is 5.91 Å². The van der Waals surface area contributed by atoms with E-state index in [0.717, 1.165) is 12.8 Å². The van der Waals surface area contributed by atoms with Crippen LogP contribution < -0.4 is 0 Å². The Labute approximate surface area is 128 Å². The number of thioether (sulfide) groups is 1. The molecule has 1 unspecified atom stereocenters. The van der Waals surface area contributed by atoms with Gasteiger partial charge >= 0.3 is 5.97 Å². The number of hydrogen-bond donors (Lipinski definition) is 0. The molecule has 1 aromatic heterocycles. The van der Waals surface area contributed by atoms with Crippen LogP contribution in [-0.2, 0) is 14.3 Å². The van der Waals surface area contributed by atoms with Crippen LogP contribution >= 0.6 is 11.8 Å². The van der Waals surface area contributed by atoms with Crippen molar-refractivity contribution in [3.63, 3.8) is 0 Å². The van der Waals surface area contributed by atoms with Crippen molar-refractivity contribution in [2.75, 3.05) is 25.4 Å². The molecule has 0 bridgehead atoms. The molecule has 2 heterocycles. The molecule has 1 atom stereocenters. The smallest absolute Gasteiger partial charge is 0.310 e. The third kappa shape index (κ3) is 4.70. The standard InChI is InChI=1S/C14H19N3O3S/c1-2-20-13(19)11-5-3-8-17(9-11)12(18)10-21-14-15-6-4-7-16-14/h4,6-7,11H,2-3,5,8-10H2,1H3. The quantitative estimate of drug-likeness (QED) is 0.465. The van der Waals surface area contributed by atoms with Crippen molar-refractivity contribution in [2.45, 2.75) is 24.9 Å². The molecule has 114 valence electrons. The molecule has 1 saturated heterocycles. The van der Waals surface area contributed by atoms with Crippen molar-refractivity contribution in [2.24, 2.45) is 5.92 Å². The van der Waals surface area contributed by atoms with Gasteiger partial charge in [-0.25, -0.2) is 9.97 Å². The molecular formula is C14H19N3O3S. The van der Waals surface area contributed by atoms with Crippen LogP contribution in [-0.4, -0.2) is 52.2 Å². The van der Waals surface area contributed by atoms with Crippen molar-refractivity contribution < 1.29 is 14.3 Å². The lowest BCUT2D eigenvalue weighted by Gasteiger charge is -2.31. The first kappa shape index (κ1) is 15.8. The average molecular weight is 309 g/mol. The largest absolute Gasteiger partial charge is 0.466 e. The number of ether oxygens (including phenoxy) is 1. The normalized spacial score (nSPS) is 18.3. The number of aromatic nitrogens is 2. The minimum atomic E-state index is -0.200. The second kappa shape index (κ2) is 7.97. The zero-order valence-corrected chi connectivity index (χ0v) is 12.8. The molecule has 0 radical (unpaired) electrons. The Morgan fingerprint density at radius 3 is 2.90 bits per heavy atom. The molecule has 1 aromatic rings. The average Bonchev–Trinajstić information content (AvgIpc) is 2.54. The minimum Gasteiger partial charge on any atom is -0.466 e. The van der Waals surface area contributed by atoms with E-state index >= 15 is 0 Å². The number of rotatable bonds is 5. The van der Waals surface area contributed by atoms with E-state index in [1.807, 2.05) is 0 Å². The first-order chi connectivity index (χ1) is 10.2. The van der Waals surface area contributed by atoms with Crippen LogP contribution in [0.2, 0.25) is 0 Å². The summed E-state index contributed by atoms with van der Waals surface area (Å²) in [6.45, 7) is 3.32. The van der Waals surface area contributed by atoms with E-state index in [9.17, 15) is 9.59 Å². The summed E-state index contributed by atoms with van der Waals surface area (Å²) in [7, 11) is 0. The highest BCUT2D eigenvalue weighted by Crippen LogP contribution is 2.20. The molecular weight excluding hydrogens is 290 g/mol. The number of carbonyl (C=O) groups excluding carboxylic acids is 2. The maximum Gasteiger partial charge on any atom is 0.310 e. The first-order valence-corrected chi connectivity index (χ1v) is 8.03. The van der Waals surface area contributed by atoms with Crippen LogP contribution in [0, 0.1) is 5.92 Å². The summed E-state index contributed by atoms with van der Waals surface area (Å²) in [5.74, 6) is -0.0874. The Balaban J connectivity index is 1.83. The van der Waals surface area contributed by atoms with Crippen LogP contribution in [0.25, 0.3) is 0 Å². The van der Waals surface area contributed by atoms with Gasteiger partial charge < -0.3 is 9.64 Å². The Bertz CT molecular complexity index is 484. The lowest BCUT2D eigenvalue weighted by molar-refractivity contribution is -0.151. The topological polar surface area (TPSA) is 72.4 Å². The minimum absolute atomic E-state index is 0.0152. The second-order valence-electron chi connectivity index (χ2n) is 4.75. The van der Waals surface area contributed by atoms with Crippen molar-refractivity contribution in [3.05, 3.63) is 18.5 Å². The van der Waals surface area contributed by atoms with Crippen LogP contribution in [0.4, 0.5) is 0 Å². The van der Waals surface area contributed by atoms with E-state index in [1.54, 1.807) is 30.3 Å². The summed E-state index contributed by atoms with van der Waals surface area (Å²) in [6.07, 6.45) is 4.92. The van der Waals surface area contributed by atoms with Crippen LogP contribution in [0.3, 0.4) is 0 Å². The lowest BCUT2D eigenvalue weighted by Crippen LogP contribution is -2.43. The molecule has 1 amide bonds. The summed E-state index contributed by atoms with van der Waals surface area (Å²) < 4.78 is 5.04. The van der Waals surface area contributed by atoms with E-state index in [-0.39, 0.29) is 17.8 Å². The molecule has 0 spiro atoms. The molecule has 2 rings (SSSR count). The fourth-order valence-corrected chi connectivity index (χ4v) is 2.94. The molecule has 0 aliphatic carbocycles. The van der Waals surface area contributed by atoms with Crippen molar-refractivity contribution >= 4 is 23.6 Å². The molecule has 0 aromatic carbocycles. The summed E-state index contributed by atoms with van der Waals surface area (Å²) in [5, 5.41) is 0.588. The van der Waals surface area contributed by atoms with Gasteiger partial charge in [0, 0.05) is 25.5 Å². The predicted molar refractivity (Wildman–Crippen MR) is 78.7 cm³/mol. The molecule has 1 aliphatic heterocycles. The van der Waals surface area contributed by atoms with Gasteiger partial charge in [0.05, 0.1) is 18.3 Å². The molecule has 1 aliphatic rings. The van der Waals surface area contributed by atoms with Crippen molar-refractivity contribution in [3.8, 4) is 0 Å². The number of hydrogen-bond acceptors (Lipinski definition) is 6. The molecule has 21 heavy (non-hydrogen) atoms. The summed E-state index contributed by atoms with van der Waals surface area (Å²) in [4.78, 5) is 33.8. The molecule has 6 nitrogen and oxygen atoms in total. The highest BCUT2D eigenvalue weighted by molar-refractivity contribution is 7.99. The van der Waals surface area contributed by atoms with Crippen molar-refractivity contribution in [1.29, 1.82) is 0 Å². The SMILES string of the molecule is CCOC(=O)C1CCCN(C(=O)CSc2ncccn2)C1. The maximum atomic E-state index is 12.2. The summed E-state index contributed by atoms with van der Waals surface area (Å²) in [6, 6.07) is 1.74. The summed E-state index contributed by atoms with van der Waals surface area (Å²) in [5.41, 5.74) is 0. The maximum absolute atomic E-state index is 12.2. The third-order valence-electron chi connectivity index (χ3n) is 3.26. The van der Waals surface area contributed by atoms with Gasteiger partial charge in [0.1, 0.15) is 0 Å². The van der Waals surface area contributed by atoms with Crippen LogP contribution in [0.1, 0.15) is 19.8 Å². The molecule has 0 saturated carbocycles. The van der Waals surface area contributed by atoms with E-state index in [4.69, 9.17) is 4.74 Å². The highest BCUT2D eigenvalue weighted by Gasteiger charge is 2.29. The van der Waals surface area contributed by atoms with Gasteiger partial charge in [-0.05, 0) is 25.8 Å². The third-order valence-corrected chi connectivity index (χ3v) is 4.12. The number of carbonyl (C=O) groups is 2. The second-order valence-corrected chi connectivity index (χ2v) is 5.69. The van der Waals surface area contributed by atoms with E-state index < -0.39 is 0 Å². The van der Waals surface area contributed by atoms with E-state index in [2.05, 4.69) is 9.97 Å². The number of likely N-dealkylation sites (tertiary alicyclic amines) is 1. The molecule has 0 N–H and O–H groups in total. The zero-order chi connectivity index (χ0) is 15.1. The van der Waals surface area contributed by atoms with Crippen LogP contribution in [0.15, 0.2) is 23.6 Å². The van der Waals surface area contributed by atoms with Gasteiger partial charge in [0.25, 0.3) is 0 Å².